The number of ether oxygens (including phenoxy) is 2. The predicted octanol–water partition coefficient (Wildman–Crippen LogP) is 7.50. The molecule has 0 fully saturated rings. The molecule has 48 heavy (non-hydrogen) atoms. The van der Waals surface area contributed by atoms with E-state index in [1.807, 2.05) is 13.0 Å². The Morgan fingerprint density at radius 3 is 2.00 bits per heavy atom. The first kappa shape index (κ1) is 33.1. The number of nitrogens with zero attached hydrogens (tertiary/aromatic N) is 1. The van der Waals surface area contributed by atoms with E-state index in [-0.39, 0.29) is 17.4 Å². The summed E-state index contributed by atoms with van der Waals surface area (Å²) in [6.07, 6.45) is 4.06. The maximum Gasteiger partial charge on any atom is 0.343 e. The summed E-state index contributed by atoms with van der Waals surface area (Å²) in [4.78, 5) is 50.4. The van der Waals surface area contributed by atoms with Crippen molar-refractivity contribution in [1.29, 1.82) is 0 Å². The van der Waals surface area contributed by atoms with Crippen LogP contribution in [0.1, 0.15) is 47.8 Å². The molecule has 0 saturated heterocycles. The number of aryl methyl sites for hydroxylation is 1. The van der Waals surface area contributed by atoms with Crippen LogP contribution in [0.2, 0.25) is 5.02 Å². The molecule has 0 atom stereocenters. The van der Waals surface area contributed by atoms with Crippen molar-refractivity contribution in [2.45, 2.75) is 6.92 Å². The van der Waals surface area contributed by atoms with Crippen molar-refractivity contribution in [2.75, 3.05) is 5.32 Å². The van der Waals surface area contributed by atoms with Crippen molar-refractivity contribution < 1.29 is 28.7 Å². The highest BCUT2D eigenvalue weighted by Gasteiger charge is 2.12. The molecule has 0 radical (unpaired) electrons. The molecule has 2 amide bonds. The van der Waals surface area contributed by atoms with Gasteiger partial charge >= 0.3 is 11.9 Å². The first-order valence-electron chi connectivity index (χ1n) is 14.6. The van der Waals surface area contributed by atoms with E-state index in [0.717, 1.165) is 5.56 Å². The Balaban J connectivity index is 1.17. The van der Waals surface area contributed by atoms with Gasteiger partial charge in [-0.2, -0.15) is 5.10 Å². The van der Waals surface area contributed by atoms with Gasteiger partial charge in [0.25, 0.3) is 11.8 Å². The van der Waals surface area contributed by atoms with Crippen LogP contribution < -0.4 is 20.2 Å². The number of para-hydroxylation sites is 2. The second-order valence-electron chi connectivity index (χ2n) is 10.3. The van der Waals surface area contributed by atoms with Gasteiger partial charge in [-0.05, 0) is 91.9 Å². The summed E-state index contributed by atoms with van der Waals surface area (Å²) >= 11 is 5.87. The lowest BCUT2D eigenvalue weighted by atomic mass is 10.1. The lowest BCUT2D eigenvalue weighted by molar-refractivity contribution is -0.128. The van der Waals surface area contributed by atoms with E-state index in [1.54, 1.807) is 115 Å². The minimum Gasteiger partial charge on any atom is -0.423 e. The van der Waals surface area contributed by atoms with Gasteiger partial charge in [0.1, 0.15) is 11.5 Å². The van der Waals surface area contributed by atoms with E-state index in [2.05, 4.69) is 15.8 Å². The Kier molecular flexibility index (Phi) is 10.9. The average molecular weight is 658 g/mol. The van der Waals surface area contributed by atoms with Gasteiger partial charge in [-0.1, -0.05) is 59.6 Å². The molecule has 0 spiro atoms. The van der Waals surface area contributed by atoms with Crippen LogP contribution in [0.25, 0.3) is 6.08 Å². The molecule has 5 aromatic carbocycles. The average Bonchev–Trinajstić information content (AvgIpc) is 3.09. The minimum atomic E-state index is -0.678. The fourth-order valence-corrected chi connectivity index (χ4v) is 4.48. The number of benzene rings is 5. The Bertz CT molecular complexity index is 2020. The van der Waals surface area contributed by atoms with E-state index in [1.165, 1.54) is 18.4 Å². The van der Waals surface area contributed by atoms with Gasteiger partial charge in [0.05, 0.1) is 11.8 Å². The number of hydrogen-bond donors (Lipinski definition) is 2. The summed E-state index contributed by atoms with van der Waals surface area (Å²) in [5, 5.41) is 7.29. The maximum absolute atomic E-state index is 12.7. The summed E-state index contributed by atoms with van der Waals surface area (Å²) in [6.45, 7) is 1.88. The third-order valence-corrected chi connectivity index (χ3v) is 7.04. The minimum absolute atomic E-state index is 0.213. The van der Waals surface area contributed by atoms with Gasteiger partial charge in [-0.15, -0.1) is 0 Å². The highest BCUT2D eigenvalue weighted by Crippen LogP contribution is 2.22. The second-order valence-corrected chi connectivity index (χ2v) is 10.8. The first-order valence-corrected chi connectivity index (χ1v) is 15.0. The van der Waals surface area contributed by atoms with Crippen molar-refractivity contribution in [3.8, 4) is 11.5 Å². The molecule has 2 N–H and O–H groups in total. The molecule has 0 aliphatic rings. The van der Waals surface area contributed by atoms with Gasteiger partial charge in [0.15, 0.2) is 0 Å². The summed E-state index contributed by atoms with van der Waals surface area (Å²) in [6, 6.07) is 33.3. The monoisotopic (exact) mass is 657 g/mol. The van der Waals surface area contributed by atoms with Crippen LogP contribution in [0.5, 0.6) is 11.5 Å². The summed E-state index contributed by atoms with van der Waals surface area (Å²) in [7, 11) is 0. The summed E-state index contributed by atoms with van der Waals surface area (Å²) in [5.74, 6) is -1.49. The SMILES string of the molecule is Cc1cccc(C(=O)Oc2ccccc2/C=C/C(=O)Oc2ccccc2/C=N/NC(=O)c2ccc(NC(=O)c3ccc(Cl)cc3)cc2)c1. The van der Waals surface area contributed by atoms with Gasteiger partial charge < -0.3 is 14.8 Å². The first-order chi connectivity index (χ1) is 23.2. The van der Waals surface area contributed by atoms with Crippen LogP contribution in [0.4, 0.5) is 5.69 Å². The van der Waals surface area contributed by atoms with E-state index in [0.29, 0.717) is 38.5 Å². The molecule has 0 unspecified atom stereocenters. The van der Waals surface area contributed by atoms with Crippen LogP contribution >= 0.6 is 11.6 Å². The van der Waals surface area contributed by atoms with Crippen molar-refractivity contribution in [3.05, 3.63) is 166 Å². The Hall–Kier alpha value is -6.32. The molecule has 0 aliphatic carbocycles. The van der Waals surface area contributed by atoms with Crippen molar-refractivity contribution >= 4 is 53.3 Å². The maximum atomic E-state index is 12.7. The lowest BCUT2D eigenvalue weighted by Crippen LogP contribution is -2.18. The fourth-order valence-electron chi connectivity index (χ4n) is 4.36. The highest BCUT2D eigenvalue weighted by molar-refractivity contribution is 6.30. The Morgan fingerprint density at radius 2 is 1.29 bits per heavy atom. The van der Waals surface area contributed by atoms with Gasteiger partial charge in [0, 0.05) is 39.0 Å². The molecule has 0 aliphatic heterocycles. The summed E-state index contributed by atoms with van der Waals surface area (Å²) in [5.41, 5.74) is 5.98. The number of nitrogens with one attached hydrogen (secondary N) is 2. The number of halogens is 1. The van der Waals surface area contributed by atoms with Crippen LogP contribution in [0.3, 0.4) is 0 Å². The molecule has 9 nitrogen and oxygen atoms in total. The standard InChI is InChI=1S/C38H28ClN3O6/c1-25-7-6-10-29(23-25)38(46)48-33-11-4-2-8-26(33)17-22-35(43)47-34-12-5-3-9-30(34)24-40-42-37(45)28-15-20-32(21-16-28)41-36(44)27-13-18-31(39)19-14-27/h2-24H,1H3,(H,41,44)(H,42,45)/b22-17+,40-24+. The number of amides is 2. The molecule has 0 bridgehead atoms. The van der Waals surface area contributed by atoms with E-state index in [9.17, 15) is 19.2 Å². The van der Waals surface area contributed by atoms with E-state index in [4.69, 9.17) is 21.1 Å². The fraction of sp³-hybridized carbons (Fsp3) is 0.0263. The number of anilines is 1. The highest BCUT2D eigenvalue weighted by atomic mass is 35.5. The van der Waals surface area contributed by atoms with Crippen molar-refractivity contribution in [2.24, 2.45) is 5.10 Å². The molecule has 5 rings (SSSR count). The number of hydrazone groups is 1. The molecule has 0 saturated carbocycles. The van der Waals surface area contributed by atoms with Gasteiger partial charge in [0.2, 0.25) is 0 Å². The number of carbonyl (C=O) groups excluding carboxylic acids is 4. The molecular formula is C38H28ClN3O6. The van der Waals surface area contributed by atoms with Crippen LogP contribution in [-0.4, -0.2) is 30.0 Å². The van der Waals surface area contributed by atoms with Crippen molar-refractivity contribution in [3.63, 3.8) is 0 Å². The second kappa shape index (κ2) is 15.8. The zero-order valence-corrected chi connectivity index (χ0v) is 26.3. The molecule has 0 aromatic heterocycles. The van der Waals surface area contributed by atoms with Crippen LogP contribution in [0.15, 0.2) is 133 Å². The molecule has 5 aromatic rings. The number of rotatable bonds is 10. The molecule has 238 valence electrons. The van der Waals surface area contributed by atoms with E-state index >= 15 is 0 Å². The number of esters is 2. The zero-order chi connectivity index (χ0) is 33.9. The molecular weight excluding hydrogens is 630 g/mol. The molecule has 0 heterocycles. The van der Waals surface area contributed by atoms with Crippen LogP contribution in [0, 0.1) is 6.92 Å². The third kappa shape index (κ3) is 9.12. The third-order valence-electron chi connectivity index (χ3n) is 6.79. The van der Waals surface area contributed by atoms with Gasteiger partial charge in [-0.3, -0.25) is 9.59 Å². The summed E-state index contributed by atoms with van der Waals surface area (Å²) < 4.78 is 11.1. The smallest absolute Gasteiger partial charge is 0.343 e. The largest absolute Gasteiger partial charge is 0.423 e. The topological polar surface area (TPSA) is 123 Å². The number of hydrogen-bond acceptors (Lipinski definition) is 7. The lowest BCUT2D eigenvalue weighted by Gasteiger charge is -2.08. The quantitative estimate of drug-likeness (QED) is 0.0527. The van der Waals surface area contributed by atoms with Gasteiger partial charge in [-0.25, -0.2) is 15.0 Å². The normalized spacial score (nSPS) is 10.9. The van der Waals surface area contributed by atoms with Crippen molar-refractivity contribution in [1.82, 2.24) is 5.43 Å². The number of carbonyl (C=O) groups is 4. The van der Waals surface area contributed by atoms with E-state index < -0.39 is 17.8 Å². The van der Waals surface area contributed by atoms with Crippen LogP contribution in [-0.2, 0) is 4.79 Å². The predicted molar refractivity (Wildman–Crippen MR) is 185 cm³/mol. The Morgan fingerprint density at radius 1 is 0.667 bits per heavy atom. The molecule has 10 heteroatoms. The zero-order valence-electron chi connectivity index (χ0n) is 25.6. The Labute approximate surface area is 281 Å².